The summed E-state index contributed by atoms with van der Waals surface area (Å²) in [5, 5.41) is 13.2. The molecule has 1 amide bonds. The number of aromatic nitrogens is 2. The molecule has 1 atom stereocenters. The molecule has 2 aromatic rings. The third-order valence-electron chi connectivity index (χ3n) is 4.32. The molecule has 0 bridgehead atoms. The number of rotatable bonds is 5. The van der Waals surface area contributed by atoms with Crippen molar-refractivity contribution >= 4 is 17.1 Å². The average molecular weight is 423 g/mol. The summed E-state index contributed by atoms with van der Waals surface area (Å²) in [6.07, 6.45) is -1.72. The first-order valence-electron chi connectivity index (χ1n) is 9.55. The number of methoxy groups -OCH3 is 1. The molecule has 3 heterocycles. The molecule has 0 saturated carbocycles. The quantitative estimate of drug-likeness (QED) is 0.751. The van der Waals surface area contributed by atoms with E-state index in [0.29, 0.717) is 16.9 Å². The van der Waals surface area contributed by atoms with E-state index in [9.17, 15) is 14.3 Å². The standard InChI is InChI=1S/C20H26FN3O6/c1-20(2,3)30-19(26)23-11-9-28-18(29-10-11)15(25)7-12-13(21)8-22-14-5-6-16(27-4)24-17(12)14/h5-6,8,11,15,18,25H,7,9-10H2,1-4H3,(H,23,26)/t11?,15-,18?/m0/s1. The van der Waals surface area contributed by atoms with Gasteiger partial charge in [0.25, 0.3) is 0 Å². The first-order valence-corrected chi connectivity index (χ1v) is 9.55. The van der Waals surface area contributed by atoms with Gasteiger partial charge in [-0.3, -0.25) is 4.98 Å². The maximum Gasteiger partial charge on any atom is 0.408 e. The predicted molar refractivity (Wildman–Crippen MR) is 105 cm³/mol. The van der Waals surface area contributed by atoms with E-state index in [1.165, 1.54) is 7.11 Å². The minimum atomic E-state index is -1.15. The van der Waals surface area contributed by atoms with Gasteiger partial charge < -0.3 is 29.4 Å². The van der Waals surface area contributed by atoms with Crippen molar-refractivity contribution in [2.24, 2.45) is 0 Å². The van der Waals surface area contributed by atoms with Crippen LogP contribution in [0.5, 0.6) is 5.88 Å². The van der Waals surface area contributed by atoms with Gasteiger partial charge in [0.15, 0.2) is 6.29 Å². The van der Waals surface area contributed by atoms with Crippen LogP contribution in [-0.2, 0) is 20.6 Å². The summed E-state index contributed by atoms with van der Waals surface area (Å²) < 4.78 is 35.8. The van der Waals surface area contributed by atoms with Crippen molar-refractivity contribution in [2.75, 3.05) is 20.3 Å². The van der Waals surface area contributed by atoms with Gasteiger partial charge in [-0.05, 0) is 26.8 Å². The number of halogens is 1. The molecule has 10 heteroatoms. The minimum Gasteiger partial charge on any atom is -0.481 e. The number of ether oxygens (including phenoxy) is 4. The highest BCUT2D eigenvalue weighted by Crippen LogP contribution is 2.24. The van der Waals surface area contributed by atoms with Crippen LogP contribution in [0.3, 0.4) is 0 Å². The molecule has 0 unspecified atom stereocenters. The number of aliphatic hydroxyl groups is 1. The highest BCUT2D eigenvalue weighted by molar-refractivity contribution is 5.78. The van der Waals surface area contributed by atoms with E-state index >= 15 is 0 Å². The van der Waals surface area contributed by atoms with Crippen LogP contribution in [0.1, 0.15) is 26.3 Å². The zero-order chi connectivity index (χ0) is 21.9. The molecule has 3 rings (SSSR count). The van der Waals surface area contributed by atoms with E-state index < -0.39 is 35.9 Å². The van der Waals surface area contributed by atoms with E-state index in [2.05, 4.69) is 15.3 Å². The van der Waals surface area contributed by atoms with Gasteiger partial charge in [0.05, 0.1) is 43.6 Å². The topological polar surface area (TPSA) is 112 Å². The zero-order valence-corrected chi connectivity index (χ0v) is 17.3. The van der Waals surface area contributed by atoms with Crippen molar-refractivity contribution in [3.63, 3.8) is 0 Å². The third kappa shape index (κ3) is 5.53. The molecule has 0 aromatic carbocycles. The van der Waals surface area contributed by atoms with Gasteiger partial charge in [0.1, 0.15) is 17.5 Å². The maximum atomic E-state index is 14.4. The Morgan fingerprint density at radius 3 is 2.70 bits per heavy atom. The van der Waals surface area contributed by atoms with Gasteiger partial charge in [-0.1, -0.05) is 0 Å². The smallest absolute Gasteiger partial charge is 0.408 e. The second-order valence-corrected chi connectivity index (χ2v) is 7.96. The number of nitrogens with one attached hydrogen (secondary N) is 1. The Balaban J connectivity index is 1.62. The first kappa shape index (κ1) is 22.1. The Kier molecular flexibility index (Phi) is 6.69. The van der Waals surface area contributed by atoms with Crippen LogP contribution in [-0.4, -0.2) is 65.5 Å². The van der Waals surface area contributed by atoms with Gasteiger partial charge in [-0.25, -0.2) is 14.2 Å². The minimum absolute atomic E-state index is 0.0974. The van der Waals surface area contributed by atoms with Crippen molar-refractivity contribution in [3.8, 4) is 5.88 Å². The molecule has 0 aliphatic carbocycles. The van der Waals surface area contributed by atoms with Crippen molar-refractivity contribution in [2.45, 2.75) is 51.2 Å². The summed E-state index contributed by atoms with van der Waals surface area (Å²) in [4.78, 5) is 20.1. The van der Waals surface area contributed by atoms with E-state index in [1.54, 1.807) is 32.9 Å². The van der Waals surface area contributed by atoms with Gasteiger partial charge in [-0.15, -0.1) is 0 Å². The Morgan fingerprint density at radius 1 is 1.37 bits per heavy atom. The summed E-state index contributed by atoms with van der Waals surface area (Å²) in [6, 6.07) is 2.86. The molecule has 1 saturated heterocycles. The maximum absolute atomic E-state index is 14.4. The fraction of sp³-hybridized carbons (Fsp3) is 0.550. The average Bonchev–Trinajstić information content (AvgIpc) is 2.68. The molecule has 164 valence electrons. The van der Waals surface area contributed by atoms with Crippen molar-refractivity contribution in [1.29, 1.82) is 0 Å². The Hall–Kier alpha value is -2.56. The lowest BCUT2D eigenvalue weighted by atomic mass is 10.1. The fourth-order valence-corrected chi connectivity index (χ4v) is 2.99. The third-order valence-corrected chi connectivity index (χ3v) is 4.32. The highest BCUT2D eigenvalue weighted by Gasteiger charge is 2.31. The van der Waals surface area contributed by atoms with Crippen molar-refractivity contribution in [3.05, 3.63) is 29.7 Å². The number of amides is 1. The molecule has 0 radical (unpaired) electrons. The van der Waals surface area contributed by atoms with Crippen LogP contribution in [0.2, 0.25) is 0 Å². The number of carbonyl (C=O) groups excluding carboxylic acids is 1. The number of carbonyl (C=O) groups is 1. The van der Waals surface area contributed by atoms with E-state index in [4.69, 9.17) is 18.9 Å². The highest BCUT2D eigenvalue weighted by atomic mass is 19.1. The van der Waals surface area contributed by atoms with Crippen LogP contribution < -0.4 is 10.1 Å². The number of nitrogens with zero attached hydrogens (tertiary/aromatic N) is 2. The molecule has 2 N–H and O–H groups in total. The first-order chi connectivity index (χ1) is 14.2. The summed E-state index contributed by atoms with van der Waals surface area (Å²) in [6.45, 7) is 5.52. The van der Waals surface area contributed by atoms with E-state index in [0.717, 1.165) is 6.20 Å². The Labute approximate surface area is 173 Å². The van der Waals surface area contributed by atoms with Crippen LogP contribution in [0, 0.1) is 5.82 Å². The lowest BCUT2D eigenvalue weighted by Crippen LogP contribution is -2.51. The summed E-state index contributed by atoms with van der Waals surface area (Å²) in [5.41, 5.74) is 0.348. The number of aliphatic hydroxyl groups excluding tert-OH is 1. The van der Waals surface area contributed by atoms with Gasteiger partial charge in [0.2, 0.25) is 5.88 Å². The number of hydrogen-bond donors (Lipinski definition) is 2. The number of alkyl carbamates (subject to hydrolysis) is 1. The lowest BCUT2D eigenvalue weighted by molar-refractivity contribution is -0.229. The molecule has 0 spiro atoms. The van der Waals surface area contributed by atoms with E-state index in [-0.39, 0.29) is 25.2 Å². The molecule has 9 nitrogen and oxygen atoms in total. The fourth-order valence-electron chi connectivity index (χ4n) is 2.99. The summed E-state index contributed by atoms with van der Waals surface area (Å²) >= 11 is 0. The molecule has 1 aliphatic rings. The predicted octanol–water partition coefficient (Wildman–Crippen LogP) is 1.95. The zero-order valence-electron chi connectivity index (χ0n) is 17.3. The molecular weight excluding hydrogens is 397 g/mol. The number of pyridine rings is 2. The summed E-state index contributed by atoms with van der Waals surface area (Å²) in [5.74, 6) is -0.283. The van der Waals surface area contributed by atoms with Gasteiger partial charge in [0, 0.05) is 18.1 Å². The normalized spacial score (nSPS) is 20.6. The van der Waals surface area contributed by atoms with Crippen molar-refractivity contribution in [1.82, 2.24) is 15.3 Å². The second kappa shape index (κ2) is 9.07. The van der Waals surface area contributed by atoms with Crippen LogP contribution in [0.25, 0.3) is 11.0 Å². The molecular formula is C20H26FN3O6. The summed E-state index contributed by atoms with van der Waals surface area (Å²) in [7, 11) is 1.46. The second-order valence-electron chi connectivity index (χ2n) is 7.96. The number of fused-ring (bicyclic) bond motifs is 1. The monoisotopic (exact) mass is 423 g/mol. The van der Waals surface area contributed by atoms with Crippen molar-refractivity contribution < 1.29 is 33.2 Å². The van der Waals surface area contributed by atoms with Crippen LogP contribution >= 0.6 is 0 Å². The van der Waals surface area contributed by atoms with Crippen LogP contribution in [0.4, 0.5) is 9.18 Å². The van der Waals surface area contributed by atoms with Crippen LogP contribution in [0.15, 0.2) is 18.3 Å². The lowest BCUT2D eigenvalue weighted by Gasteiger charge is -2.33. The molecule has 2 aromatic heterocycles. The van der Waals surface area contributed by atoms with Gasteiger partial charge >= 0.3 is 6.09 Å². The largest absolute Gasteiger partial charge is 0.481 e. The molecule has 1 aliphatic heterocycles. The molecule has 1 fully saturated rings. The number of hydrogen-bond acceptors (Lipinski definition) is 8. The Bertz CT molecular complexity index is 896. The van der Waals surface area contributed by atoms with E-state index in [1.807, 2.05) is 0 Å². The van der Waals surface area contributed by atoms with Gasteiger partial charge in [-0.2, -0.15) is 0 Å². The SMILES string of the molecule is COc1ccc2ncc(F)c(C[C@H](O)C3OCC(NC(=O)OC(C)(C)C)CO3)c2n1. The molecule has 30 heavy (non-hydrogen) atoms. The Morgan fingerprint density at radius 2 is 2.07 bits per heavy atom.